The molecule has 2 aromatic rings. The number of carboxylic acid groups (broad SMARTS) is 1. The number of benzene rings is 2. The summed E-state index contributed by atoms with van der Waals surface area (Å²) in [7, 11) is 0. The van der Waals surface area contributed by atoms with Gasteiger partial charge in [-0.3, -0.25) is 4.79 Å². The molecule has 1 saturated carbocycles. The molecule has 2 aliphatic carbocycles. The standard InChI is InChI=1S/C27H32N2O5/c1-2-8-18(15-24(30)29-25(26(31)32)17-9-7-10-17)28-27(33)34-16-23-21-13-5-3-11-19(21)20-12-4-6-14-22(20)23/h3-6,11-14,17-18,23,25H,2,7-10,15-16H2,1H3,(H,28,33)(H,29,30)(H,31,32)/t18-,25?/m0/s1. The van der Waals surface area contributed by atoms with Crippen molar-refractivity contribution in [3.63, 3.8) is 0 Å². The van der Waals surface area contributed by atoms with Crippen molar-refractivity contribution in [2.24, 2.45) is 5.92 Å². The number of amides is 2. The van der Waals surface area contributed by atoms with Crippen LogP contribution in [-0.4, -0.2) is 41.8 Å². The summed E-state index contributed by atoms with van der Waals surface area (Å²) < 4.78 is 5.61. The Morgan fingerprint density at radius 2 is 1.62 bits per heavy atom. The molecule has 0 bridgehead atoms. The molecule has 0 aromatic heterocycles. The summed E-state index contributed by atoms with van der Waals surface area (Å²) in [4.78, 5) is 36.7. The third-order valence-corrected chi connectivity index (χ3v) is 6.94. The number of carbonyl (C=O) groups excluding carboxylic acids is 2. The molecule has 180 valence electrons. The van der Waals surface area contributed by atoms with Crippen molar-refractivity contribution in [2.75, 3.05) is 6.61 Å². The van der Waals surface area contributed by atoms with Crippen LogP contribution in [0.4, 0.5) is 4.79 Å². The number of rotatable bonds is 10. The summed E-state index contributed by atoms with van der Waals surface area (Å²) in [5, 5.41) is 14.9. The lowest BCUT2D eigenvalue weighted by Gasteiger charge is -2.31. The summed E-state index contributed by atoms with van der Waals surface area (Å²) in [6, 6.07) is 15.0. The molecule has 0 radical (unpaired) electrons. The Kier molecular flexibility index (Phi) is 7.50. The first kappa shape index (κ1) is 23.8. The third-order valence-electron chi connectivity index (χ3n) is 6.94. The molecule has 2 atom stereocenters. The van der Waals surface area contributed by atoms with Crippen molar-refractivity contribution < 1.29 is 24.2 Å². The zero-order valence-electron chi connectivity index (χ0n) is 19.5. The minimum Gasteiger partial charge on any atom is -0.480 e. The second-order valence-corrected chi connectivity index (χ2v) is 9.23. The van der Waals surface area contributed by atoms with Crippen LogP contribution in [0, 0.1) is 5.92 Å². The molecule has 0 spiro atoms. The number of hydrogen-bond acceptors (Lipinski definition) is 4. The summed E-state index contributed by atoms with van der Waals surface area (Å²) in [5.74, 6) is -1.42. The van der Waals surface area contributed by atoms with Gasteiger partial charge in [0.25, 0.3) is 0 Å². The number of aliphatic carboxylic acids is 1. The minimum absolute atomic E-state index is 0.0128. The highest BCUT2D eigenvalue weighted by Gasteiger charge is 2.34. The molecular formula is C27H32N2O5. The molecule has 4 rings (SSSR count). The van der Waals surface area contributed by atoms with Crippen molar-refractivity contribution >= 4 is 18.0 Å². The van der Waals surface area contributed by atoms with Crippen LogP contribution in [0.3, 0.4) is 0 Å². The number of fused-ring (bicyclic) bond motifs is 3. The second-order valence-electron chi connectivity index (χ2n) is 9.23. The van der Waals surface area contributed by atoms with Gasteiger partial charge in [-0.25, -0.2) is 9.59 Å². The topological polar surface area (TPSA) is 105 Å². The van der Waals surface area contributed by atoms with E-state index < -0.39 is 24.1 Å². The highest BCUT2D eigenvalue weighted by molar-refractivity contribution is 5.84. The van der Waals surface area contributed by atoms with Crippen molar-refractivity contribution in [1.82, 2.24) is 10.6 Å². The average molecular weight is 465 g/mol. The van der Waals surface area contributed by atoms with Crippen LogP contribution in [0.2, 0.25) is 0 Å². The van der Waals surface area contributed by atoms with Crippen LogP contribution in [-0.2, 0) is 14.3 Å². The van der Waals surface area contributed by atoms with E-state index >= 15 is 0 Å². The lowest BCUT2D eigenvalue weighted by Crippen LogP contribution is -2.49. The summed E-state index contributed by atoms with van der Waals surface area (Å²) >= 11 is 0. The van der Waals surface area contributed by atoms with Crippen LogP contribution in [0.15, 0.2) is 48.5 Å². The van der Waals surface area contributed by atoms with Gasteiger partial charge >= 0.3 is 12.1 Å². The van der Waals surface area contributed by atoms with Gasteiger partial charge in [0.05, 0.1) is 0 Å². The highest BCUT2D eigenvalue weighted by atomic mass is 16.5. The first-order valence-electron chi connectivity index (χ1n) is 12.1. The number of alkyl carbamates (subject to hydrolysis) is 1. The molecule has 0 aliphatic heterocycles. The van der Waals surface area contributed by atoms with Gasteiger partial charge in [0.15, 0.2) is 0 Å². The normalized spacial score (nSPS) is 16.5. The van der Waals surface area contributed by atoms with Crippen molar-refractivity contribution in [2.45, 2.75) is 63.5 Å². The van der Waals surface area contributed by atoms with Crippen molar-refractivity contribution in [1.29, 1.82) is 0 Å². The maximum Gasteiger partial charge on any atom is 0.407 e. The van der Waals surface area contributed by atoms with E-state index in [1.54, 1.807) is 0 Å². The molecule has 7 heteroatoms. The number of nitrogens with one attached hydrogen (secondary N) is 2. The first-order chi connectivity index (χ1) is 16.5. The molecular weight excluding hydrogens is 432 g/mol. The molecule has 3 N–H and O–H groups in total. The molecule has 0 heterocycles. The van der Waals surface area contributed by atoms with Gasteiger partial charge in [-0.2, -0.15) is 0 Å². The maximum absolute atomic E-state index is 12.6. The van der Waals surface area contributed by atoms with Gasteiger partial charge in [-0.05, 0) is 47.4 Å². The number of ether oxygens (including phenoxy) is 1. The molecule has 0 saturated heterocycles. The molecule has 1 fully saturated rings. The predicted molar refractivity (Wildman–Crippen MR) is 128 cm³/mol. The molecule has 2 aliphatic rings. The van der Waals surface area contributed by atoms with Gasteiger partial charge in [-0.15, -0.1) is 0 Å². The number of carboxylic acids is 1. The van der Waals surface area contributed by atoms with Crippen LogP contribution >= 0.6 is 0 Å². The Hall–Kier alpha value is -3.35. The second kappa shape index (κ2) is 10.7. The monoisotopic (exact) mass is 464 g/mol. The minimum atomic E-state index is -1.01. The SMILES string of the molecule is CCC[C@@H](CC(=O)NC(C(=O)O)C1CCC1)NC(=O)OCC1c2ccccc2-c2ccccc21. The van der Waals surface area contributed by atoms with Crippen molar-refractivity contribution in [3.8, 4) is 11.1 Å². The average Bonchev–Trinajstić information content (AvgIpc) is 3.10. The first-order valence-corrected chi connectivity index (χ1v) is 12.1. The Morgan fingerprint density at radius 3 is 2.15 bits per heavy atom. The van der Waals surface area contributed by atoms with E-state index in [2.05, 4.69) is 34.9 Å². The number of hydrogen-bond donors (Lipinski definition) is 3. The molecule has 2 amide bonds. The van der Waals surface area contributed by atoms with Crippen molar-refractivity contribution in [3.05, 3.63) is 59.7 Å². The highest BCUT2D eigenvalue weighted by Crippen LogP contribution is 2.44. The van der Waals surface area contributed by atoms with Crippen LogP contribution in [0.1, 0.15) is 62.5 Å². The molecule has 34 heavy (non-hydrogen) atoms. The quantitative estimate of drug-likeness (QED) is 0.482. The fourth-order valence-electron chi connectivity index (χ4n) is 4.99. The van der Waals surface area contributed by atoms with Gasteiger partial charge in [-0.1, -0.05) is 68.3 Å². The lowest BCUT2D eigenvalue weighted by molar-refractivity contribution is -0.144. The zero-order valence-corrected chi connectivity index (χ0v) is 19.5. The maximum atomic E-state index is 12.6. The zero-order chi connectivity index (χ0) is 24.1. The summed E-state index contributed by atoms with van der Waals surface area (Å²) in [5.41, 5.74) is 4.59. The fourth-order valence-corrected chi connectivity index (χ4v) is 4.99. The van der Waals surface area contributed by atoms with E-state index in [0.717, 1.165) is 47.9 Å². The molecule has 2 aromatic carbocycles. The van der Waals surface area contributed by atoms with Gasteiger partial charge in [0.2, 0.25) is 5.91 Å². The van der Waals surface area contributed by atoms with E-state index in [-0.39, 0.29) is 30.8 Å². The van der Waals surface area contributed by atoms with E-state index in [9.17, 15) is 19.5 Å². The third kappa shape index (κ3) is 5.24. The lowest BCUT2D eigenvalue weighted by atomic mass is 9.79. The molecule has 1 unspecified atom stereocenters. The van der Waals surface area contributed by atoms with E-state index in [4.69, 9.17) is 4.74 Å². The Labute approximate surface area is 199 Å². The largest absolute Gasteiger partial charge is 0.480 e. The van der Waals surface area contributed by atoms with Crippen LogP contribution < -0.4 is 10.6 Å². The molecule has 7 nitrogen and oxygen atoms in total. The smallest absolute Gasteiger partial charge is 0.407 e. The summed E-state index contributed by atoms with van der Waals surface area (Å²) in [6.45, 7) is 2.17. The van der Waals surface area contributed by atoms with Gasteiger partial charge in [0.1, 0.15) is 12.6 Å². The van der Waals surface area contributed by atoms with E-state index in [1.807, 2.05) is 31.2 Å². The van der Waals surface area contributed by atoms with Gasteiger partial charge < -0.3 is 20.5 Å². The van der Waals surface area contributed by atoms with E-state index in [1.165, 1.54) is 0 Å². The van der Waals surface area contributed by atoms with Gasteiger partial charge in [0, 0.05) is 18.4 Å². The van der Waals surface area contributed by atoms with Crippen LogP contribution in [0.5, 0.6) is 0 Å². The Bertz CT molecular complexity index is 1000. The van der Waals surface area contributed by atoms with Crippen LogP contribution in [0.25, 0.3) is 11.1 Å². The predicted octanol–water partition coefficient (Wildman–Crippen LogP) is 4.45. The fraction of sp³-hybridized carbons (Fsp3) is 0.444. The van der Waals surface area contributed by atoms with E-state index in [0.29, 0.717) is 6.42 Å². The number of carbonyl (C=O) groups is 3. The Balaban J connectivity index is 1.33. The Morgan fingerprint density at radius 1 is 1.00 bits per heavy atom. The summed E-state index contributed by atoms with van der Waals surface area (Å²) in [6.07, 6.45) is 3.44.